The van der Waals surface area contributed by atoms with E-state index in [1.807, 2.05) is 12.1 Å². The Balaban J connectivity index is 2.16. The summed E-state index contributed by atoms with van der Waals surface area (Å²) >= 11 is 1.61. The van der Waals surface area contributed by atoms with Crippen molar-refractivity contribution >= 4 is 18.0 Å². The molecule has 2 rings (SSSR count). The van der Waals surface area contributed by atoms with Gasteiger partial charge < -0.3 is 0 Å². The van der Waals surface area contributed by atoms with Gasteiger partial charge in [-0.05, 0) is 24.6 Å². The number of thioether (sulfide) groups is 1. The van der Waals surface area contributed by atoms with E-state index < -0.39 is 0 Å². The lowest BCUT2D eigenvalue weighted by molar-refractivity contribution is 0.112. The maximum absolute atomic E-state index is 10.7. The SMILES string of the molecule is Cc1cccc(CSc2ccc(C=O)cc2C#N)c1. The second kappa shape index (κ2) is 6.21. The summed E-state index contributed by atoms with van der Waals surface area (Å²) in [5, 5.41) is 9.10. The number of rotatable bonds is 4. The zero-order chi connectivity index (χ0) is 13.7. The molecule has 19 heavy (non-hydrogen) atoms. The largest absolute Gasteiger partial charge is 0.298 e. The molecule has 0 bridgehead atoms. The first-order chi connectivity index (χ1) is 9.22. The van der Waals surface area contributed by atoms with Crippen molar-refractivity contribution in [2.45, 2.75) is 17.6 Å². The Morgan fingerprint density at radius 3 is 2.79 bits per heavy atom. The average Bonchev–Trinajstić information content (AvgIpc) is 2.45. The van der Waals surface area contributed by atoms with Crippen LogP contribution >= 0.6 is 11.8 Å². The molecule has 0 atom stereocenters. The zero-order valence-electron chi connectivity index (χ0n) is 10.6. The average molecular weight is 267 g/mol. The lowest BCUT2D eigenvalue weighted by atomic mass is 10.1. The highest BCUT2D eigenvalue weighted by Crippen LogP contribution is 2.26. The van der Waals surface area contributed by atoms with Gasteiger partial charge in [0.1, 0.15) is 12.4 Å². The van der Waals surface area contributed by atoms with Crippen molar-refractivity contribution in [2.24, 2.45) is 0 Å². The Morgan fingerprint density at radius 1 is 1.26 bits per heavy atom. The normalized spacial score (nSPS) is 9.89. The topological polar surface area (TPSA) is 40.9 Å². The lowest BCUT2D eigenvalue weighted by Gasteiger charge is -2.05. The molecule has 3 heteroatoms. The van der Waals surface area contributed by atoms with Crippen molar-refractivity contribution in [1.29, 1.82) is 5.26 Å². The maximum Gasteiger partial charge on any atom is 0.150 e. The summed E-state index contributed by atoms with van der Waals surface area (Å²) < 4.78 is 0. The summed E-state index contributed by atoms with van der Waals surface area (Å²) in [5.41, 5.74) is 3.56. The number of carbonyl (C=O) groups is 1. The van der Waals surface area contributed by atoms with Crippen LogP contribution in [0, 0.1) is 18.3 Å². The molecule has 2 aromatic rings. The van der Waals surface area contributed by atoms with E-state index in [0.717, 1.165) is 16.9 Å². The molecule has 0 heterocycles. The number of carbonyl (C=O) groups excluding carboxylic acids is 1. The third-order valence-corrected chi connectivity index (χ3v) is 3.88. The molecule has 94 valence electrons. The van der Waals surface area contributed by atoms with Gasteiger partial charge >= 0.3 is 0 Å². The summed E-state index contributed by atoms with van der Waals surface area (Å²) in [6.07, 6.45) is 0.760. The van der Waals surface area contributed by atoms with Gasteiger partial charge in [-0.1, -0.05) is 35.9 Å². The Morgan fingerprint density at radius 2 is 2.11 bits per heavy atom. The Bertz CT molecular complexity index is 643. The van der Waals surface area contributed by atoms with Crippen LogP contribution in [0.4, 0.5) is 0 Å². The molecule has 0 radical (unpaired) electrons. The highest BCUT2D eigenvalue weighted by Gasteiger charge is 2.04. The number of aryl methyl sites for hydroxylation is 1. The van der Waals surface area contributed by atoms with Crippen LogP contribution in [0.25, 0.3) is 0 Å². The molecule has 0 aliphatic rings. The minimum atomic E-state index is 0.538. The molecule has 0 aromatic heterocycles. The highest BCUT2D eigenvalue weighted by molar-refractivity contribution is 7.98. The molecule has 0 fully saturated rings. The summed E-state index contributed by atoms with van der Waals surface area (Å²) in [4.78, 5) is 11.6. The molecule has 0 amide bonds. The van der Waals surface area contributed by atoms with Gasteiger partial charge in [0.05, 0.1) is 5.56 Å². The van der Waals surface area contributed by atoms with Crippen LogP contribution in [0.5, 0.6) is 0 Å². The van der Waals surface area contributed by atoms with Crippen LogP contribution in [0.15, 0.2) is 47.4 Å². The smallest absolute Gasteiger partial charge is 0.150 e. The lowest BCUT2D eigenvalue weighted by Crippen LogP contribution is -1.88. The summed E-state index contributed by atoms with van der Waals surface area (Å²) in [6.45, 7) is 2.06. The number of aldehydes is 1. The van der Waals surface area contributed by atoms with Gasteiger partial charge in [-0.15, -0.1) is 11.8 Å². The quantitative estimate of drug-likeness (QED) is 0.621. The van der Waals surface area contributed by atoms with E-state index in [4.69, 9.17) is 5.26 Å². The fourth-order valence-corrected chi connectivity index (χ4v) is 2.72. The fraction of sp³-hybridized carbons (Fsp3) is 0.125. The third kappa shape index (κ3) is 3.46. The Labute approximate surface area is 117 Å². The first kappa shape index (κ1) is 13.4. The van der Waals surface area contributed by atoms with Crippen molar-refractivity contribution in [3.05, 3.63) is 64.7 Å². The number of hydrogen-bond acceptors (Lipinski definition) is 3. The van der Waals surface area contributed by atoms with Crippen LogP contribution in [0.3, 0.4) is 0 Å². The van der Waals surface area contributed by atoms with Gasteiger partial charge in [0.2, 0.25) is 0 Å². The van der Waals surface area contributed by atoms with E-state index >= 15 is 0 Å². The predicted octanol–water partition coefficient (Wildman–Crippen LogP) is 3.97. The summed E-state index contributed by atoms with van der Waals surface area (Å²) in [7, 11) is 0. The summed E-state index contributed by atoms with van der Waals surface area (Å²) in [5.74, 6) is 0.816. The van der Waals surface area contributed by atoms with Crippen LogP contribution in [-0.4, -0.2) is 6.29 Å². The third-order valence-electron chi connectivity index (χ3n) is 2.74. The first-order valence-corrected chi connectivity index (χ1v) is 6.89. The van der Waals surface area contributed by atoms with Gasteiger partial charge in [-0.3, -0.25) is 4.79 Å². The Hall–Kier alpha value is -2.05. The van der Waals surface area contributed by atoms with Crippen molar-refractivity contribution in [2.75, 3.05) is 0 Å². The number of nitriles is 1. The molecular formula is C16H13NOS. The first-order valence-electron chi connectivity index (χ1n) is 5.90. The molecule has 0 unspecified atom stereocenters. The van der Waals surface area contributed by atoms with Gasteiger partial charge in [0, 0.05) is 16.2 Å². The second-order valence-corrected chi connectivity index (χ2v) is 5.28. The van der Waals surface area contributed by atoms with E-state index in [1.165, 1.54) is 11.1 Å². The molecule has 0 saturated heterocycles. The van der Waals surface area contributed by atoms with E-state index in [2.05, 4.69) is 31.2 Å². The molecule has 0 aliphatic carbocycles. The van der Waals surface area contributed by atoms with E-state index in [1.54, 1.807) is 23.9 Å². The predicted molar refractivity (Wildman–Crippen MR) is 77.3 cm³/mol. The van der Waals surface area contributed by atoms with E-state index in [0.29, 0.717) is 11.1 Å². The number of benzene rings is 2. The maximum atomic E-state index is 10.7. The zero-order valence-corrected chi connectivity index (χ0v) is 11.4. The summed E-state index contributed by atoms with van der Waals surface area (Å²) in [6, 6.07) is 15.7. The molecule has 0 aliphatic heterocycles. The fourth-order valence-electron chi connectivity index (χ4n) is 1.80. The van der Waals surface area contributed by atoms with Crippen molar-refractivity contribution < 1.29 is 4.79 Å². The van der Waals surface area contributed by atoms with Gasteiger partial charge in [-0.25, -0.2) is 0 Å². The molecular weight excluding hydrogens is 254 g/mol. The molecule has 0 N–H and O–H groups in total. The Kier molecular flexibility index (Phi) is 4.38. The van der Waals surface area contributed by atoms with Crippen LogP contribution in [-0.2, 0) is 5.75 Å². The van der Waals surface area contributed by atoms with Gasteiger partial charge in [0.15, 0.2) is 0 Å². The van der Waals surface area contributed by atoms with E-state index in [9.17, 15) is 4.79 Å². The van der Waals surface area contributed by atoms with Crippen LogP contribution < -0.4 is 0 Å². The minimum absolute atomic E-state index is 0.538. The van der Waals surface area contributed by atoms with Crippen LogP contribution in [0.1, 0.15) is 27.0 Å². The molecule has 0 saturated carbocycles. The van der Waals surface area contributed by atoms with Crippen molar-refractivity contribution in [3.63, 3.8) is 0 Å². The molecule has 2 aromatic carbocycles. The van der Waals surface area contributed by atoms with Crippen molar-refractivity contribution in [1.82, 2.24) is 0 Å². The second-order valence-electron chi connectivity index (χ2n) is 4.26. The van der Waals surface area contributed by atoms with Gasteiger partial charge in [0.25, 0.3) is 0 Å². The number of nitrogens with zero attached hydrogens (tertiary/aromatic N) is 1. The molecule has 0 spiro atoms. The number of hydrogen-bond donors (Lipinski definition) is 0. The monoisotopic (exact) mass is 267 g/mol. The highest BCUT2D eigenvalue weighted by atomic mass is 32.2. The van der Waals surface area contributed by atoms with Crippen LogP contribution in [0.2, 0.25) is 0 Å². The van der Waals surface area contributed by atoms with Gasteiger partial charge in [-0.2, -0.15) is 5.26 Å². The molecule has 2 nitrogen and oxygen atoms in total. The minimum Gasteiger partial charge on any atom is -0.298 e. The van der Waals surface area contributed by atoms with Crippen molar-refractivity contribution in [3.8, 4) is 6.07 Å². The standard InChI is InChI=1S/C16H13NOS/c1-12-3-2-4-14(7-12)11-19-16-6-5-13(10-18)8-15(16)9-17/h2-8,10H,11H2,1H3. The van der Waals surface area contributed by atoms with E-state index in [-0.39, 0.29) is 0 Å².